The van der Waals surface area contributed by atoms with E-state index in [9.17, 15) is 4.39 Å². The second-order valence-corrected chi connectivity index (χ2v) is 4.87. The number of halogens is 2. The molecule has 0 bridgehead atoms. The normalized spacial score (nSPS) is 11.0. The zero-order chi connectivity index (χ0) is 14.8. The summed E-state index contributed by atoms with van der Waals surface area (Å²) in [6.07, 6.45) is 1.70. The van der Waals surface area contributed by atoms with Gasteiger partial charge in [0.1, 0.15) is 5.82 Å². The number of nitrogens with one attached hydrogen (secondary N) is 1. The number of aromatic nitrogens is 4. The van der Waals surface area contributed by atoms with E-state index in [2.05, 4.69) is 20.3 Å². The van der Waals surface area contributed by atoms with Crippen molar-refractivity contribution in [2.75, 3.05) is 5.32 Å². The second kappa shape index (κ2) is 5.65. The summed E-state index contributed by atoms with van der Waals surface area (Å²) in [6.45, 7) is 3.17. The lowest BCUT2D eigenvalue weighted by atomic mass is 10.2. The van der Waals surface area contributed by atoms with Crippen LogP contribution >= 0.6 is 11.6 Å². The van der Waals surface area contributed by atoms with E-state index in [1.165, 1.54) is 12.1 Å². The molecule has 0 aliphatic carbocycles. The van der Waals surface area contributed by atoms with Crippen molar-refractivity contribution >= 4 is 28.6 Å². The number of aryl methyl sites for hydroxylation is 1. The number of hydrogen-bond acceptors (Lipinski definition) is 4. The Balaban J connectivity index is 1.91. The van der Waals surface area contributed by atoms with Crippen molar-refractivity contribution in [2.24, 2.45) is 0 Å². The molecule has 0 radical (unpaired) electrons. The molecule has 0 aliphatic heterocycles. The van der Waals surface area contributed by atoms with Crippen LogP contribution in [0, 0.1) is 5.82 Å². The van der Waals surface area contributed by atoms with Gasteiger partial charge in [-0.1, -0.05) is 12.1 Å². The van der Waals surface area contributed by atoms with Gasteiger partial charge in [0, 0.05) is 13.1 Å². The number of nitrogens with zero attached hydrogens (tertiary/aromatic N) is 4. The first-order chi connectivity index (χ1) is 10.2. The molecule has 0 spiro atoms. The van der Waals surface area contributed by atoms with Crippen LogP contribution in [-0.4, -0.2) is 19.5 Å². The molecule has 0 fully saturated rings. The van der Waals surface area contributed by atoms with E-state index in [0.717, 1.165) is 12.1 Å². The highest BCUT2D eigenvalue weighted by atomic mass is 35.5. The van der Waals surface area contributed by atoms with Crippen LogP contribution in [0.15, 0.2) is 30.6 Å². The van der Waals surface area contributed by atoms with E-state index in [-0.39, 0.29) is 11.1 Å². The molecule has 7 heteroatoms. The van der Waals surface area contributed by atoms with Gasteiger partial charge < -0.3 is 9.88 Å². The highest BCUT2D eigenvalue weighted by Crippen LogP contribution is 2.21. The van der Waals surface area contributed by atoms with Crippen molar-refractivity contribution < 1.29 is 4.39 Å². The molecule has 21 heavy (non-hydrogen) atoms. The van der Waals surface area contributed by atoms with E-state index >= 15 is 0 Å². The number of rotatable bonds is 4. The Hall–Kier alpha value is -2.21. The summed E-state index contributed by atoms with van der Waals surface area (Å²) in [5, 5.41) is 3.28. The lowest BCUT2D eigenvalue weighted by molar-refractivity contribution is 0.626. The van der Waals surface area contributed by atoms with E-state index < -0.39 is 0 Å². The molecule has 1 aromatic carbocycles. The van der Waals surface area contributed by atoms with Crippen LogP contribution < -0.4 is 5.32 Å². The summed E-state index contributed by atoms with van der Waals surface area (Å²) in [6, 6.07) is 6.38. The number of benzene rings is 1. The molecular formula is C14H13ClFN5. The summed E-state index contributed by atoms with van der Waals surface area (Å²) < 4.78 is 15.1. The minimum Gasteiger partial charge on any atom is -0.364 e. The molecule has 0 saturated carbocycles. The maximum atomic E-state index is 13.2. The zero-order valence-corrected chi connectivity index (χ0v) is 12.1. The molecule has 2 aromatic heterocycles. The van der Waals surface area contributed by atoms with Gasteiger partial charge in [-0.05, 0) is 36.2 Å². The third-order valence-corrected chi connectivity index (χ3v) is 3.30. The Morgan fingerprint density at radius 3 is 2.95 bits per heavy atom. The Morgan fingerprint density at radius 1 is 1.33 bits per heavy atom. The van der Waals surface area contributed by atoms with Crippen molar-refractivity contribution in [1.29, 1.82) is 0 Å². The molecule has 0 saturated heterocycles. The monoisotopic (exact) mass is 305 g/mol. The first-order valence-corrected chi connectivity index (χ1v) is 6.92. The van der Waals surface area contributed by atoms with Gasteiger partial charge >= 0.3 is 0 Å². The second-order valence-electron chi connectivity index (χ2n) is 4.53. The minimum atomic E-state index is -0.268. The fraction of sp³-hybridized carbons (Fsp3) is 0.214. The average Bonchev–Trinajstić information content (AvgIpc) is 2.87. The van der Waals surface area contributed by atoms with Gasteiger partial charge in [0.05, 0.1) is 6.33 Å². The quantitative estimate of drug-likeness (QED) is 0.752. The number of imidazole rings is 1. The van der Waals surface area contributed by atoms with Gasteiger partial charge in [0.25, 0.3) is 0 Å². The minimum absolute atomic E-state index is 0.152. The Kier molecular flexibility index (Phi) is 3.70. The standard InChI is InChI=1S/C14H13ClFN5/c1-2-21-8-18-11-12(19-14(15)20-13(11)21)17-7-9-4-3-5-10(16)6-9/h3-6,8H,2,7H2,1H3,(H,17,19,20). The summed E-state index contributed by atoms with van der Waals surface area (Å²) in [5.41, 5.74) is 2.14. The Bertz CT molecular complexity index is 786. The molecule has 0 unspecified atom stereocenters. The average molecular weight is 306 g/mol. The van der Waals surface area contributed by atoms with Crippen LogP contribution in [0.5, 0.6) is 0 Å². The lowest BCUT2D eigenvalue weighted by Gasteiger charge is -2.07. The highest BCUT2D eigenvalue weighted by molar-refractivity contribution is 6.28. The predicted octanol–water partition coefficient (Wildman–Crippen LogP) is 3.25. The molecular weight excluding hydrogens is 293 g/mol. The highest BCUT2D eigenvalue weighted by Gasteiger charge is 2.11. The van der Waals surface area contributed by atoms with Crippen molar-refractivity contribution in [3.8, 4) is 0 Å². The molecule has 108 valence electrons. The maximum absolute atomic E-state index is 13.2. The molecule has 0 amide bonds. The van der Waals surface area contributed by atoms with E-state index in [0.29, 0.717) is 23.5 Å². The SMILES string of the molecule is CCn1cnc2c(NCc3cccc(F)c3)nc(Cl)nc21. The van der Waals surface area contributed by atoms with Gasteiger partial charge in [0.15, 0.2) is 17.0 Å². The van der Waals surface area contributed by atoms with Gasteiger partial charge in [0.2, 0.25) is 5.28 Å². The predicted molar refractivity (Wildman–Crippen MR) is 79.7 cm³/mol. The third-order valence-electron chi connectivity index (χ3n) is 3.13. The van der Waals surface area contributed by atoms with Crippen molar-refractivity contribution in [3.63, 3.8) is 0 Å². The number of anilines is 1. The van der Waals surface area contributed by atoms with E-state index in [1.807, 2.05) is 17.6 Å². The third kappa shape index (κ3) is 2.80. The van der Waals surface area contributed by atoms with Crippen molar-refractivity contribution in [2.45, 2.75) is 20.0 Å². The first-order valence-electron chi connectivity index (χ1n) is 6.54. The molecule has 0 aliphatic rings. The summed E-state index contributed by atoms with van der Waals surface area (Å²) in [7, 11) is 0. The Morgan fingerprint density at radius 2 is 2.19 bits per heavy atom. The smallest absolute Gasteiger partial charge is 0.226 e. The number of fused-ring (bicyclic) bond motifs is 1. The van der Waals surface area contributed by atoms with Gasteiger partial charge in [-0.15, -0.1) is 0 Å². The van der Waals surface area contributed by atoms with E-state index in [4.69, 9.17) is 11.6 Å². The number of hydrogen-bond donors (Lipinski definition) is 1. The lowest BCUT2D eigenvalue weighted by Crippen LogP contribution is -2.04. The van der Waals surface area contributed by atoms with Crippen LogP contribution in [0.3, 0.4) is 0 Å². The molecule has 1 N–H and O–H groups in total. The van der Waals surface area contributed by atoms with Crippen molar-refractivity contribution in [1.82, 2.24) is 19.5 Å². The van der Waals surface area contributed by atoms with Crippen LogP contribution in [0.2, 0.25) is 5.28 Å². The van der Waals surface area contributed by atoms with Crippen LogP contribution in [-0.2, 0) is 13.1 Å². The summed E-state index contributed by atoms with van der Waals surface area (Å²) in [4.78, 5) is 12.7. The van der Waals surface area contributed by atoms with Gasteiger partial charge in [-0.25, -0.2) is 9.37 Å². The maximum Gasteiger partial charge on any atom is 0.226 e. The molecule has 5 nitrogen and oxygen atoms in total. The largest absolute Gasteiger partial charge is 0.364 e. The van der Waals surface area contributed by atoms with Gasteiger partial charge in [-0.2, -0.15) is 9.97 Å². The fourth-order valence-electron chi connectivity index (χ4n) is 2.11. The Labute approximate surface area is 125 Å². The topological polar surface area (TPSA) is 55.6 Å². The summed E-state index contributed by atoms with van der Waals surface area (Å²) in [5.74, 6) is 0.275. The van der Waals surface area contributed by atoms with Crippen molar-refractivity contribution in [3.05, 3.63) is 47.3 Å². The molecule has 3 aromatic rings. The zero-order valence-electron chi connectivity index (χ0n) is 11.3. The van der Waals surface area contributed by atoms with Crippen LogP contribution in [0.25, 0.3) is 11.2 Å². The van der Waals surface area contributed by atoms with Crippen LogP contribution in [0.4, 0.5) is 10.2 Å². The first kappa shape index (κ1) is 13.8. The summed E-state index contributed by atoms with van der Waals surface area (Å²) >= 11 is 5.95. The van der Waals surface area contributed by atoms with Crippen LogP contribution in [0.1, 0.15) is 12.5 Å². The van der Waals surface area contributed by atoms with E-state index in [1.54, 1.807) is 12.4 Å². The fourth-order valence-corrected chi connectivity index (χ4v) is 2.27. The van der Waals surface area contributed by atoms with Gasteiger partial charge in [-0.3, -0.25) is 0 Å². The molecule has 3 rings (SSSR count). The molecule has 0 atom stereocenters. The molecule has 2 heterocycles.